The lowest BCUT2D eigenvalue weighted by Crippen LogP contribution is -2.05. The summed E-state index contributed by atoms with van der Waals surface area (Å²) in [5, 5.41) is 0. The Hall–Kier alpha value is -2.15. The number of ether oxygens (including phenoxy) is 2. The Morgan fingerprint density at radius 3 is 2.65 bits per heavy atom. The Labute approximate surface area is 167 Å². The third kappa shape index (κ3) is 4.52. The fraction of sp³-hybridized carbons (Fsp3) is 0.238. The topological polar surface area (TPSA) is 47.9 Å². The first-order valence-corrected chi connectivity index (χ1v) is 9.66. The van der Waals surface area contributed by atoms with Crippen molar-refractivity contribution in [3.63, 3.8) is 0 Å². The lowest BCUT2D eigenvalue weighted by atomic mass is 10.1. The summed E-state index contributed by atoms with van der Waals surface area (Å²) in [6.07, 6.45) is 3.87. The van der Waals surface area contributed by atoms with Gasteiger partial charge in [-0.2, -0.15) is 0 Å². The van der Waals surface area contributed by atoms with E-state index in [1.165, 1.54) is 0 Å². The molecule has 26 heavy (non-hydrogen) atoms. The van der Waals surface area contributed by atoms with E-state index in [4.69, 9.17) is 9.47 Å². The number of hydrogen-bond acceptors (Lipinski definition) is 4. The van der Waals surface area contributed by atoms with Gasteiger partial charge in [-0.05, 0) is 83.5 Å². The number of rotatable bonds is 6. The summed E-state index contributed by atoms with van der Waals surface area (Å²) in [5.74, 6) is 0.743. The molecule has 5 heteroatoms. The smallest absolute Gasteiger partial charge is 0.363 e. The monoisotopic (exact) mass is 461 g/mol. The van der Waals surface area contributed by atoms with Crippen LogP contribution in [0.15, 0.2) is 53.2 Å². The molecule has 0 N–H and O–H groups in total. The summed E-state index contributed by atoms with van der Waals surface area (Å²) in [6.45, 7) is 4.86. The van der Waals surface area contributed by atoms with Crippen molar-refractivity contribution in [2.45, 2.75) is 26.7 Å². The van der Waals surface area contributed by atoms with Crippen LogP contribution in [0.3, 0.4) is 0 Å². The van der Waals surface area contributed by atoms with Crippen molar-refractivity contribution >= 4 is 40.5 Å². The zero-order valence-electron chi connectivity index (χ0n) is 14.8. The minimum absolute atomic E-state index is 0.302. The molecule has 4 nitrogen and oxygen atoms in total. The quantitative estimate of drug-likeness (QED) is 0.260. The molecule has 0 fully saturated rings. The number of aliphatic imine (C=N–C) groups is 1. The average Bonchev–Trinajstić information content (AvgIpc) is 3.00. The zero-order valence-corrected chi connectivity index (χ0v) is 16.9. The Bertz CT molecular complexity index is 869. The van der Waals surface area contributed by atoms with E-state index >= 15 is 0 Å². The highest BCUT2D eigenvalue weighted by molar-refractivity contribution is 14.1. The molecule has 0 radical (unpaired) electrons. The molecule has 0 bridgehead atoms. The third-order valence-corrected chi connectivity index (χ3v) is 5.19. The number of hydrogen-bond donors (Lipinski definition) is 0. The zero-order chi connectivity index (χ0) is 18.5. The molecule has 0 saturated heterocycles. The molecule has 1 heterocycles. The van der Waals surface area contributed by atoms with Gasteiger partial charge in [-0.1, -0.05) is 25.5 Å². The Kier molecular flexibility index (Phi) is 6.08. The van der Waals surface area contributed by atoms with E-state index < -0.39 is 5.97 Å². The number of esters is 1. The highest BCUT2D eigenvalue weighted by Crippen LogP contribution is 2.22. The fourth-order valence-electron chi connectivity index (χ4n) is 2.46. The van der Waals surface area contributed by atoms with Gasteiger partial charge in [0.2, 0.25) is 5.90 Å². The molecule has 134 valence electrons. The van der Waals surface area contributed by atoms with Gasteiger partial charge in [0.05, 0.1) is 6.61 Å². The van der Waals surface area contributed by atoms with Crippen LogP contribution in [0.2, 0.25) is 0 Å². The number of cyclic esters (lactones) is 1. The van der Waals surface area contributed by atoms with E-state index in [1.54, 1.807) is 6.08 Å². The van der Waals surface area contributed by atoms with Crippen molar-refractivity contribution < 1.29 is 14.3 Å². The maximum absolute atomic E-state index is 12.1. The molecule has 2 aromatic carbocycles. The van der Waals surface area contributed by atoms with E-state index in [-0.39, 0.29) is 0 Å². The lowest BCUT2D eigenvalue weighted by Gasteiger charge is -2.05. The van der Waals surface area contributed by atoms with E-state index in [0.29, 0.717) is 18.2 Å². The number of nitrogens with zero attached hydrogens (tertiary/aromatic N) is 1. The van der Waals surface area contributed by atoms with E-state index in [2.05, 4.69) is 34.5 Å². The summed E-state index contributed by atoms with van der Waals surface area (Å²) in [7, 11) is 0. The predicted octanol–water partition coefficient (Wildman–Crippen LogP) is 5.12. The molecule has 2 aromatic rings. The first-order valence-electron chi connectivity index (χ1n) is 8.59. The van der Waals surface area contributed by atoms with Gasteiger partial charge in [0.25, 0.3) is 0 Å². The maximum atomic E-state index is 12.1. The number of unbranched alkanes of at least 4 members (excludes halogenated alkanes) is 1. The number of carbonyl (C=O) groups is 1. The van der Waals surface area contributed by atoms with Crippen molar-refractivity contribution in [1.82, 2.24) is 0 Å². The van der Waals surface area contributed by atoms with Gasteiger partial charge in [0.15, 0.2) is 5.70 Å². The largest absolute Gasteiger partial charge is 0.494 e. The summed E-state index contributed by atoms with van der Waals surface area (Å²) < 4.78 is 12.1. The molecule has 1 aliphatic heterocycles. The van der Waals surface area contributed by atoms with Gasteiger partial charge in [-0.25, -0.2) is 9.79 Å². The number of aryl methyl sites for hydroxylation is 1. The molecular weight excluding hydrogens is 441 g/mol. The maximum Gasteiger partial charge on any atom is 0.363 e. The van der Waals surface area contributed by atoms with Crippen molar-refractivity contribution in [2.75, 3.05) is 6.61 Å². The van der Waals surface area contributed by atoms with Crippen molar-refractivity contribution in [3.05, 3.63) is 68.4 Å². The number of carbonyl (C=O) groups excluding carboxylic acids is 1. The molecule has 0 saturated carbocycles. The molecule has 3 rings (SSSR count). The Morgan fingerprint density at radius 2 is 1.96 bits per heavy atom. The second kappa shape index (κ2) is 8.49. The summed E-state index contributed by atoms with van der Waals surface area (Å²) in [6, 6.07) is 13.5. The second-order valence-electron chi connectivity index (χ2n) is 6.07. The number of benzene rings is 2. The van der Waals surface area contributed by atoms with Gasteiger partial charge in [0, 0.05) is 9.13 Å². The molecule has 0 aromatic heterocycles. The van der Waals surface area contributed by atoms with Crippen LogP contribution >= 0.6 is 22.6 Å². The van der Waals surface area contributed by atoms with Gasteiger partial charge < -0.3 is 9.47 Å². The Morgan fingerprint density at radius 1 is 1.19 bits per heavy atom. The van der Waals surface area contributed by atoms with Crippen molar-refractivity contribution in [2.24, 2.45) is 4.99 Å². The minimum Gasteiger partial charge on any atom is -0.494 e. The molecule has 0 atom stereocenters. The van der Waals surface area contributed by atoms with Gasteiger partial charge in [0.1, 0.15) is 5.75 Å². The van der Waals surface area contributed by atoms with Gasteiger partial charge in [-0.3, -0.25) is 0 Å². The predicted molar refractivity (Wildman–Crippen MR) is 111 cm³/mol. The van der Waals surface area contributed by atoms with Crippen LogP contribution in [0.4, 0.5) is 0 Å². The summed E-state index contributed by atoms with van der Waals surface area (Å²) in [4.78, 5) is 16.5. The average molecular weight is 461 g/mol. The summed E-state index contributed by atoms with van der Waals surface area (Å²) >= 11 is 2.27. The molecule has 1 aliphatic rings. The second-order valence-corrected chi connectivity index (χ2v) is 7.23. The normalized spacial score (nSPS) is 15.1. The molecule has 0 unspecified atom stereocenters. The lowest BCUT2D eigenvalue weighted by molar-refractivity contribution is -0.129. The van der Waals surface area contributed by atoms with Crippen LogP contribution in [0.25, 0.3) is 6.08 Å². The minimum atomic E-state index is -0.431. The van der Waals surface area contributed by atoms with Crippen LogP contribution in [-0.2, 0) is 9.53 Å². The van der Waals surface area contributed by atoms with E-state index in [9.17, 15) is 4.79 Å². The molecule has 0 amide bonds. The fourth-order valence-corrected chi connectivity index (χ4v) is 2.80. The van der Waals surface area contributed by atoms with Crippen molar-refractivity contribution in [3.8, 4) is 5.75 Å². The SMILES string of the molecule is CCCCOc1ccc(/C=C2\N=C(c3ccc(I)c(C)c3)OC2=O)cc1. The molecule has 0 spiro atoms. The van der Waals surface area contributed by atoms with E-state index in [1.807, 2.05) is 49.4 Å². The summed E-state index contributed by atoms with van der Waals surface area (Å²) in [5.41, 5.74) is 3.11. The van der Waals surface area contributed by atoms with Gasteiger partial charge >= 0.3 is 5.97 Å². The first kappa shape index (κ1) is 18.6. The standard InChI is InChI=1S/C21H20INO3/c1-3-4-11-25-17-8-5-15(6-9-17)13-19-21(24)26-20(23-19)16-7-10-18(22)14(2)12-16/h5-10,12-13H,3-4,11H2,1-2H3/b19-13-. The van der Waals surface area contributed by atoms with Crippen LogP contribution in [0.5, 0.6) is 5.75 Å². The Balaban J connectivity index is 1.76. The number of halogens is 1. The van der Waals surface area contributed by atoms with Crippen molar-refractivity contribution in [1.29, 1.82) is 0 Å². The van der Waals surface area contributed by atoms with Crippen LogP contribution in [-0.4, -0.2) is 18.5 Å². The van der Waals surface area contributed by atoms with Crippen LogP contribution < -0.4 is 4.74 Å². The first-order chi connectivity index (χ1) is 12.6. The molecule has 0 aliphatic carbocycles. The highest BCUT2D eigenvalue weighted by atomic mass is 127. The third-order valence-electron chi connectivity index (χ3n) is 3.98. The highest BCUT2D eigenvalue weighted by Gasteiger charge is 2.24. The van der Waals surface area contributed by atoms with E-state index in [0.717, 1.165) is 38.9 Å². The molecular formula is C21H20INO3. The van der Waals surface area contributed by atoms with Gasteiger partial charge in [-0.15, -0.1) is 0 Å². The van der Waals surface area contributed by atoms with Crippen LogP contribution in [0, 0.1) is 10.5 Å². The van der Waals surface area contributed by atoms with Crippen LogP contribution in [0.1, 0.15) is 36.5 Å².